The molecule has 0 aliphatic carbocycles. The number of allylic oxidation sites excluding steroid dienone is 6. The summed E-state index contributed by atoms with van der Waals surface area (Å²) in [4.78, 5) is 26.2. The van der Waals surface area contributed by atoms with E-state index in [9.17, 15) is 19.8 Å². The second-order valence-electron chi connectivity index (χ2n) is 19.3. The molecule has 0 bridgehead atoms. The average molecular weight is 901 g/mol. The van der Waals surface area contributed by atoms with E-state index in [1.165, 1.54) is 180 Å². The van der Waals surface area contributed by atoms with Crippen molar-refractivity contribution in [3.8, 4) is 0 Å². The van der Waals surface area contributed by atoms with Crippen molar-refractivity contribution in [1.82, 2.24) is 5.32 Å². The number of aliphatic hydroxyl groups is 2. The number of unbranched alkanes of at least 4 members (excludes halogenated alkanes) is 33. The Labute approximate surface area is 398 Å². The summed E-state index contributed by atoms with van der Waals surface area (Å²) in [7, 11) is 0. The highest BCUT2D eigenvalue weighted by molar-refractivity contribution is 5.77. The van der Waals surface area contributed by atoms with Gasteiger partial charge in [-0.15, -0.1) is 0 Å². The number of carbonyl (C=O) groups excluding carboxylic acids is 2. The lowest BCUT2D eigenvalue weighted by Gasteiger charge is -2.24. The van der Waals surface area contributed by atoms with Crippen LogP contribution in [-0.2, 0) is 14.3 Å². The van der Waals surface area contributed by atoms with Crippen LogP contribution in [0.4, 0.5) is 0 Å². The zero-order valence-corrected chi connectivity index (χ0v) is 42.9. The lowest BCUT2D eigenvalue weighted by atomic mass is 10.0. The number of hydrogen-bond acceptors (Lipinski definition) is 5. The van der Waals surface area contributed by atoms with Gasteiger partial charge in [-0.3, -0.25) is 9.59 Å². The first-order valence-electron chi connectivity index (χ1n) is 28.2. The Bertz CT molecular complexity index is 1060. The summed E-state index contributed by atoms with van der Waals surface area (Å²) in [6.45, 7) is 6.40. The Morgan fingerprint density at radius 2 is 0.844 bits per heavy atom. The number of nitrogens with one attached hydrogen (secondary N) is 1. The Morgan fingerprint density at radius 1 is 0.469 bits per heavy atom. The molecule has 0 aliphatic heterocycles. The SMILES string of the molecule is CC/C=C/C/C=C/C/C=C/CCCCCCCCC(=O)OC(CCCCCCCCCCCCCCC)CC(=O)NC(CO)C(O)CCCCCCCCCCCCCCCCCC. The summed E-state index contributed by atoms with van der Waals surface area (Å²) in [5, 5.41) is 23.9. The molecule has 0 rings (SSSR count). The number of ether oxygens (including phenoxy) is 1. The van der Waals surface area contributed by atoms with Crippen molar-refractivity contribution in [2.24, 2.45) is 0 Å². The van der Waals surface area contributed by atoms with Gasteiger partial charge in [0.05, 0.1) is 25.2 Å². The van der Waals surface area contributed by atoms with Crippen molar-refractivity contribution < 1.29 is 24.5 Å². The van der Waals surface area contributed by atoms with Crippen LogP contribution in [0.2, 0.25) is 0 Å². The monoisotopic (exact) mass is 900 g/mol. The minimum atomic E-state index is -0.788. The molecule has 3 unspecified atom stereocenters. The van der Waals surface area contributed by atoms with E-state index in [2.05, 4.69) is 62.5 Å². The predicted molar refractivity (Wildman–Crippen MR) is 278 cm³/mol. The molecule has 0 heterocycles. The molecule has 6 heteroatoms. The van der Waals surface area contributed by atoms with Gasteiger partial charge in [0.15, 0.2) is 0 Å². The van der Waals surface area contributed by atoms with Gasteiger partial charge in [-0.1, -0.05) is 263 Å². The lowest BCUT2D eigenvalue weighted by molar-refractivity contribution is -0.151. The molecule has 64 heavy (non-hydrogen) atoms. The van der Waals surface area contributed by atoms with Gasteiger partial charge in [0, 0.05) is 6.42 Å². The first-order chi connectivity index (χ1) is 31.5. The molecule has 3 atom stereocenters. The van der Waals surface area contributed by atoms with Gasteiger partial charge < -0.3 is 20.3 Å². The Morgan fingerprint density at radius 3 is 1.28 bits per heavy atom. The Balaban J connectivity index is 4.51. The Kier molecular flexibility index (Phi) is 50.5. The summed E-state index contributed by atoms with van der Waals surface area (Å²) < 4.78 is 5.95. The first kappa shape index (κ1) is 62.1. The van der Waals surface area contributed by atoms with Gasteiger partial charge in [-0.25, -0.2) is 0 Å². The van der Waals surface area contributed by atoms with Crippen LogP contribution in [-0.4, -0.2) is 46.9 Å². The fourth-order valence-corrected chi connectivity index (χ4v) is 8.74. The van der Waals surface area contributed by atoms with Crippen molar-refractivity contribution in [1.29, 1.82) is 0 Å². The fourth-order valence-electron chi connectivity index (χ4n) is 8.74. The molecule has 0 aromatic heterocycles. The quantitative estimate of drug-likeness (QED) is 0.0321. The average Bonchev–Trinajstić information content (AvgIpc) is 3.29. The Hall–Kier alpha value is -1.92. The topological polar surface area (TPSA) is 95.9 Å². The molecule has 0 saturated heterocycles. The van der Waals surface area contributed by atoms with Crippen LogP contribution in [0.1, 0.15) is 297 Å². The summed E-state index contributed by atoms with van der Waals surface area (Å²) in [6.07, 6.45) is 62.0. The number of rotatable bonds is 51. The summed E-state index contributed by atoms with van der Waals surface area (Å²) in [6, 6.07) is -0.701. The molecule has 6 nitrogen and oxygen atoms in total. The van der Waals surface area contributed by atoms with E-state index in [0.29, 0.717) is 19.3 Å². The summed E-state index contributed by atoms with van der Waals surface area (Å²) in [5.74, 6) is -0.473. The third kappa shape index (κ3) is 46.6. The van der Waals surface area contributed by atoms with Gasteiger partial charge in [-0.2, -0.15) is 0 Å². The van der Waals surface area contributed by atoms with E-state index in [0.717, 1.165) is 70.6 Å². The van der Waals surface area contributed by atoms with Crippen LogP contribution in [0.3, 0.4) is 0 Å². The minimum Gasteiger partial charge on any atom is -0.462 e. The van der Waals surface area contributed by atoms with E-state index in [4.69, 9.17) is 4.74 Å². The molecule has 0 fully saturated rings. The first-order valence-corrected chi connectivity index (χ1v) is 28.2. The van der Waals surface area contributed by atoms with E-state index >= 15 is 0 Å². The zero-order valence-electron chi connectivity index (χ0n) is 42.9. The molecule has 376 valence electrons. The number of esters is 1. The van der Waals surface area contributed by atoms with Gasteiger partial charge in [0.1, 0.15) is 6.10 Å². The van der Waals surface area contributed by atoms with Crippen LogP contribution in [0.5, 0.6) is 0 Å². The molecule has 0 spiro atoms. The van der Waals surface area contributed by atoms with Crippen LogP contribution in [0.25, 0.3) is 0 Å². The van der Waals surface area contributed by atoms with Crippen LogP contribution in [0, 0.1) is 0 Å². The maximum Gasteiger partial charge on any atom is 0.306 e. The zero-order chi connectivity index (χ0) is 46.7. The molecular weight excluding hydrogens is 791 g/mol. The smallest absolute Gasteiger partial charge is 0.306 e. The molecule has 0 aromatic rings. The van der Waals surface area contributed by atoms with Crippen molar-refractivity contribution in [3.05, 3.63) is 36.5 Å². The summed E-state index contributed by atoms with van der Waals surface area (Å²) >= 11 is 0. The van der Waals surface area contributed by atoms with Crippen molar-refractivity contribution in [2.75, 3.05) is 6.61 Å². The molecule has 0 aliphatic rings. The third-order valence-corrected chi connectivity index (χ3v) is 13.0. The van der Waals surface area contributed by atoms with Crippen LogP contribution < -0.4 is 5.32 Å². The molecule has 0 radical (unpaired) electrons. The maximum atomic E-state index is 13.2. The minimum absolute atomic E-state index is 0.0767. The highest BCUT2D eigenvalue weighted by Crippen LogP contribution is 2.19. The highest BCUT2D eigenvalue weighted by Gasteiger charge is 2.24. The number of carbonyl (C=O) groups is 2. The van der Waals surface area contributed by atoms with Crippen LogP contribution in [0.15, 0.2) is 36.5 Å². The van der Waals surface area contributed by atoms with Crippen LogP contribution >= 0.6 is 0 Å². The lowest BCUT2D eigenvalue weighted by Crippen LogP contribution is -2.46. The van der Waals surface area contributed by atoms with Crippen molar-refractivity contribution in [3.63, 3.8) is 0 Å². The molecular formula is C58H109NO5. The second-order valence-corrected chi connectivity index (χ2v) is 19.3. The van der Waals surface area contributed by atoms with E-state index in [1.807, 2.05) is 0 Å². The molecule has 0 aromatic carbocycles. The number of amides is 1. The summed E-state index contributed by atoms with van der Waals surface area (Å²) in [5.41, 5.74) is 0. The van der Waals surface area contributed by atoms with Gasteiger partial charge in [-0.05, 0) is 57.8 Å². The van der Waals surface area contributed by atoms with E-state index in [-0.39, 0.29) is 24.9 Å². The van der Waals surface area contributed by atoms with Gasteiger partial charge in [0.2, 0.25) is 5.91 Å². The van der Waals surface area contributed by atoms with E-state index in [1.54, 1.807) is 0 Å². The highest BCUT2D eigenvalue weighted by atomic mass is 16.5. The second kappa shape index (κ2) is 52.1. The normalized spacial score (nSPS) is 13.4. The maximum absolute atomic E-state index is 13.2. The number of hydrogen-bond donors (Lipinski definition) is 3. The standard InChI is InChI=1S/C58H109NO5/c1-4-7-10-13-16-19-22-25-27-29-32-35-38-41-44-47-50-56(61)55(53-60)59-57(62)52-54(49-46-43-40-37-34-31-24-21-18-15-12-9-6-3)64-58(63)51-48-45-42-39-36-33-30-28-26-23-20-17-14-11-8-5-2/h8,11,17,20,26,28,54-56,60-61H,4-7,9-10,12-16,18-19,21-25,27,29-53H2,1-3H3,(H,59,62)/b11-8+,20-17+,28-26+. The predicted octanol–water partition coefficient (Wildman–Crippen LogP) is 17.2. The van der Waals surface area contributed by atoms with Gasteiger partial charge >= 0.3 is 5.97 Å². The van der Waals surface area contributed by atoms with E-state index < -0.39 is 18.2 Å². The third-order valence-electron chi connectivity index (χ3n) is 13.0. The number of aliphatic hydroxyl groups excluding tert-OH is 2. The fraction of sp³-hybridized carbons (Fsp3) is 0.862. The largest absolute Gasteiger partial charge is 0.462 e. The van der Waals surface area contributed by atoms with Crippen molar-refractivity contribution >= 4 is 11.9 Å². The molecule has 3 N–H and O–H groups in total. The molecule has 1 amide bonds. The van der Waals surface area contributed by atoms with Gasteiger partial charge in [0.25, 0.3) is 0 Å². The molecule has 0 saturated carbocycles. The van der Waals surface area contributed by atoms with Crippen molar-refractivity contribution in [2.45, 2.75) is 315 Å².